The summed E-state index contributed by atoms with van der Waals surface area (Å²) in [6, 6.07) is 10.1. The van der Waals surface area contributed by atoms with Crippen molar-refractivity contribution in [2.45, 2.75) is 83.5 Å². The fourth-order valence-corrected chi connectivity index (χ4v) is 3.91. The molecule has 1 aromatic rings. The average molecular weight is 363 g/mol. The molecule has 0 amide bonds. The lowest BCUT2D eigenvalue weighted by molar-refractivity contribution is -0.119. The van der Waals surface area contributed by atoms with Crippen LogP contribution in [0.25, 0.3) is 0 Å². The minimum Gasteiger partial charge on any atom is -0.414 e. The highest BCUT2D eigenvalue weighted by molar-refractivity contribution is 6.74. The van der Waals surface area contributed by atoms with Crippen LogP contribution in [-0.2, 0) is 20.4 Å². The quantitative estimate of drug-likeness (QED) is 0.394. The number of ketones is 1. The first kappa shape index (κ1) is 21.8. The summed E-state index contributed by atoms with van der Waals surface area (Å²) in [7, 11) is -1.89. The molecule has 0 aliphatic carbocycles. The standard InChI is InChI=1S/C21H34O3Si/c1-21(2,3)25(4,5)24-20(16-17-22)13-9-12-19(23)15-14-18-10-7-6-8-11-18/h6-8,10-11,17,20H,9,12-16H2,1-5H3. The molecule has 1 unspecified atom stereocenters. The van der Waals surface area contributed by atoms with Crippen molar-refractivity contribution < 1.29 is 14.0 Å². The number of hydrogen-bond donors (Lipinski definition) is 0. The van der Waals surface area contributed by atoms with Gasteiger partial charge < -0.3 is 9.22 Å². The zero-order valence-electron chi connectivity index (χ0n) is 16.5. The minimum absolute atomic E-state index is 0.0553. The van der Waals surface area contributed by atoms with E-state index in [2.05, 4.69) is 46.0 Å². The van der Waals surface area contributed by atoms with Gasteiger partial charge in [0.2, 0.25) is 0 Å². The SMILES string of the molecule is CC(C)(C)[Si](C)(C)OC(CC=O)CCCC(=O)CCc1ccccc1. The van der Waals surface area contributed by atoms with Gasteiger partial charge in [-0.25, -0.2) is 0 Å². The van der Waals surface area contributed by atoms with Gasteiger partial charge in [0.15, 0.2) is 8.32 Å². The Kier molecular flexibility index (Phi) is 8.73. The van der Waals surface area contributed by atoms with E-state index in [1.54, 1.807) is 0 Å². The third-order valence-corrected chi connectivity index (χ3v) is 9.68. The average Bonchev–Trinajstić information content (AvgIpc) is 2.52. The van der Waals surface area contributed by atoms with Crippen LogP contribution in [0.15, 0.2) is 30.3 Å². The molecule has 140 valence electrons. The number of rotatable bonds is 11. The summed E-state index contributed by atoms with van der Waals surface area (Å²) in [6.45, 7) is 11.0. The lowest BCUT2D eigenvalue weighted by Gasteiger charge is -2.39. The van der Waals surface area contributed by atoms with E-state index in [1.165, 1.54) is 5.56 Å². The van der Waals surface area contributed by atoms with E-state index >= 15 is 0 Å². The van der Waals surface area contributed by atoms with Gasteiger partial charge >= 0.3 is 0 Å². The summed E-state index contributed by atoms with van der Waals surface area (Å²) in [5.41, 5.74) is 1.20. The third-order valence-electron chi connectivity index (χ3n) is 5.14. The van der Waals surface area contributed by atoms with Crippen LogP contribution in [0.3, 0.4) is 0 Å². The third kappa shape index (κ3) is 8.10. The Balaban J connectivity index is 2.39. The van der Waals surface area contributed by atoms with Crippen LogP contribution >= 0.6 is 0 Å². The molecule has 0 N–H and O–H groups in total. The summed E-state index contributed by atoms with van der Waals surface area (Å²) in [4.78, 5) is 23.1. The fourth-order valence-electron chi connectivity index (χ4n) is 2.51. The molecule has 0 bridgehead atoms. The lowest BCUT2D eigenvalue weighted by Crippen LogP contribution is -2.44. The number of Topliss-reactive ketones (excluding diaryl/α,β-unsaturated/α-hetero) is 1. The predicted octanol–water partition coefficient (Wildman–Crippen LogP) is 5.34. The Hall–Kier alpha value is -1.26. The minimum atomic E-state index is -1.89. The molecule has 3 nitrogen and oxygen atoms in total. The second-order valence-corrected chi connectivity index (χ2v) is 13.1. The molecule has 0 heterocycles. The smallest absolute Gasteiger partial charge is 0.192 e. The lowest BCUT2D eigenvalue weighted by atomic mass is 10.0. The number of aryl methyl sites for hydroxylation is 1. The predicted molar refractivity (Wildman–Crippen MR) is 106 cm³/mol. The first-order valence-corrected chi connectivity index (χ1v) is 12.2. The van der Waals surface area contributed by atoms with Crippen molar-refractivity contribution in [2.75, 3.05) is 0 Å². The maximum Gasteiger partial charge on any atom is 0.192 e. The Labute approximate surface area is 154 Å². The summed E-state index contributed by atoms with van der Waals surface area (Å²) in [5, 5.41) is 0.125. The second kappa shape index (κ2) is 10.0. The zero-order chi connectivity index (χ0) is 18.9. The molecule has 0 saturated heterocycles. The molecule has 0 fully saturated rings. The molecule has 25 heavy (non-hydrogen) atoms. The summed E-state index contributed by atoms with van der Waals surface area (Å²) < 4.78 is 6.35. The number of benzene rings is 1. The van der Waals surface area contributed by atoms with Gasteiger partial charge in [-0.2, -0.15) is 0 Å². The van der Waals surface area contributed by atoms with Gasteiger partial charge in [0.05, 0.1) is 6.10 Å². The van der Waals surface area contributed by atoms with Crippen molar-refractivity contribution >= 4 is 20.4 Å². The van der Waals surface area contributed by atoms with Gasteiger partial charge in [-0.05, 0) is 43.0 Å². The van der Waals surface area contributed by atoms with Crippen LogP contribution in [0.4, 0.5) is 0 Å². The van der Waals surface area contributed by atoms with Gasteiger partial charge in [0, 0.05) is 19.3 Å². The number of aldehydes is 1. The van der Waals surface area contributed by atoms with Crippen LogP contribution in [0.2, 0.25) is 18.1 Å². The molecular weight excluding hydrogens is 328 g/mol. The molecular formula is C21H34O3Si. The first-order valence-electron chi connectivity index (χ1n) is 9.33. The highest BCUT2D eigenvalue weighted by Gasteiger charge is 2.38. The Morgan fingerprint density at radius 2 is 1.80 bits per heavy atom. The van der Waals surface area contributed by atoms with Crippen LogP contribution in [0.1, 0.15) is 58.4 Å². The second-order valence-electron chi connectivity index (χ2n) is 8.32. The molecule has 0 spiro atoms. The Morgan fingerprint density at radius 3 is 2.36 bits per heavy atom. The van der Waals surface area contributed by atoms with Crippen LogP contribution in [0.5, 0.6) is 0 Å². The largest absolute Gasteiger partial charge is 0.414 e. The molecule has 0 aromatic heterocycles. The summed E-state index contributed by atoms with van der Waals surface area (Å²) in [6.07, 6.45) is 4.84. The van der Waals surface area contributed by atoms with Crippen molar-refractivity contribution in [3.8, 4) is 0 Å². The molecule has 1 rings (SSSR count). The molecule has 0 radical (unpaired) electrons. The van der Waals surface area contributed by atoms with Crippen LogP contribution in [0, 0.1) is 0 Å². The highest BCUT2D eigenvalue weighted by atomic mass is 28.4. The molecule has 4 heteroatoms. The first-order chi connectivity index (χ1) is 11.7. The van der Waals surface area contributed by atoms with E-state index in [4.69, 9.17) is 4.43 Å². The Bertz CT molecular complexity index is 532. The van der Waals surface area contributed by atoms with E-state index in [0.717, 1.165) is 25.5 Å². The van der Waals surface area contributed by atoms with Gasteiger partial charge in [-0.1, -0.05) is 51.1 Å². The normalized spacial score (nSPS) is 13.5. The summed E-state index contributed by atoms with van der Waals surface area (Å²) >= 11 is 0. The monoisotopic (exact) mass is 362 g/mol. The number of carbonyl (C=O) groups is 2. The van der Waals surface area contributed by atoms with E-state index < -0.39 is 8.32 Å². The van der Waals surface area contributed by atoms with E-state index in [9.17, 15) is 9.59 Å². The molecule has 1 atom stereocenters. The number of hydrogen-bond acceptors (Lipinski definition) is 3. The highest BCUT2D eigenvalue weighted by Crippen LogP contribution is 2.38. The van der Waals surface area contributed by atoms with Crippen molar-refractivity contribution in [3.63, 3.8) is 0 Å². The summed E-state index contributed by atoms with van der Waals surface area (Å²) in [5.74, 6) is 0.293. The molecule has 1 aromatic carbocycles. The molecule has 0 aliphatic rings. The van der Waals surface area contributed by atoms with Crippen molar-refractivity contribution in [3.05, 3.63) is 35.9 Å². The fraction of sp³-hybridized carbons (Fsp3) is 0.619. The van der Waals surface area contributed by atoms with Crippen molar-refractivity contribution in [2.24, 2.45) is 0 Å². The van der Waals surface area contributed by atoms with Crippen LogP contribution in [-0.4, -0.2) is 26.5 Å². The van der Waals surface area contributed by atoms with E-state index in [-0.39, 0.29) is 11.1 Å². The van der Waals surface area contributed by atoms with Gasteiger partial charge in [-0.3, -0.25) is 4.79 Å². The number of carbonyl (C=O) groups excluding carboxylic acids is 2. The maximum absolute atomic E-state index is 12.1. The Morgan fingerprint density at radius 1 is 1.16 bits per heavy atom. The van der Waals surface area contributed by atoms with Crippen molar-refractivity contribution in [1.82, 2.24) is 0 Å². The van der Waals surface area contributed by atoms with Crippen molar-refractivity contribution in [1.29, 1.82) is 0 Å². The topological polar surface area (TPSA) is 43.4 Å². The van der Waals surface area contributed by atoms with Gasteiger partial charge in [-0.15, -0.1) is 0 Å². The maximum atomic E-state index is 12.1. The van der Waals surface area contributed by atoms with E-state index in [1.807, 2.05) is 18.2 Å². The molecule has 0 aliphatic heterocycles. The van der Waals surface area contributed by atoms with Gasteiger partial charge in [0.25, 0.3) is 0 Å². The van der Waals surface area contributed by atoms with E-state index in [0.29, 0.717) is 25.0 Å². The zero-order valence-corrected chi connectivity index (χ0v) is 17.5. The molecule has 0 saturated carbocycles. The van der Waals surface area contributed by atoms with Gasteiger partial charge in [0.1, 0.15) is 12.1 Å². The van der Waals surface area contributed by atoms with Crippen LogP contribution < -0.4 is 0 Å².